The van der Waals surface area contributed by atoms with Crippen LogP contribution < -0.4 is 16.0 Å². The van der Waals surface area contributed by atoms with E-state index in [0.717, 1.165) is 93.3 Å². The Morgan fingerprint density at radius 2 is 1.36 bits per heavy atom. The van der Waals surface area contributed by atoms with E-state index in [2.05, 4.69) is 163 Å². The molecule has 6 atom stereocenters. The highest BCUT2D eigenvalue weighted by Gasteiger charge is 2.31. The number of likely N-dealkylation sites (N-methyl/N-ethyl adjacent to an activating group) is 1. The predicted molar refractivity (Wildman–Crippen MR) is 258 cm³/mol. The molecule has 1 saturated heterocycles. The molecule has 324 valence electrons. The molecule has 0 bridgehead atoms. The van der Waals surface area contributed by atoms with Gasteiger partial charge in [-0.05, 0) is 99.8 Å². The first kappa shape index (κ1) is 50.6. The van der Waals surface area contributed by atoms with Gasteiger partial charge in [0.1, 0.15) is 5.78 Å². The number of benzene rings is 2. The number of carbonyl (C=O) groups excluding carboxylic acids is 1. The van der Waals surface area contributed by atoms with Crippen LogP contribution in [0.4, 0.5) is 0 Å². The van der Waals surface area contributed by atoms with Crippen LogP contribution in [0.25, 0.3) is 0 Å². The average molecular weight is 803 g/mol. The zero-order chi connectivity index (χ0) is 43.9. The van der Waals surface area contributed by atoms with Crippen LogP contribution in [0.5, 0.6) is 0 Å². The minimum atomic E-state index is -0.0659. The summed E-state index contributed by atoms with van der Waals surface area (Å²) >= 11 is 0. The highest BCUT2D eigenvalue weighted by Crippen LogP contribution is 2.34. The lowest BCUT2D eigenvalue weighted by Gasteiger charge is -2.37. The zero-order valence-corrected chi connectivity index (χ0v) is 38.4. The van der Waals surface area contributed by atoms with Gasteiger partial charge in [-0.3, -0.25) is 4.79 Å². The molecular formula is C54H82N4O. The molecule has 2 aromatic rings. The van der Waals surface area contributed by atoms with E-state index in [9.17, 15) is 4.79 Å². The molecule has 0 aromatic heterocycles. The van der Waals surface area contributed by atoms with Crippen molar-refractivity contribution in [2.24, 2.45) is 23.7 Å². The fourth-order valence-electron chi connectivity index (χ4n) is 8.45. The molecule has 5 heteroatoms. The first-order chi connectivity index (χ1) is 28.2. The Bertz CT molecular complexity index is 1640. The Hall–Kier alpha value is -4.51. The predicted octanol–water partition coefficient (Wildman–Crippen LogP) is 12.7. The molecule has 0 aliphatic carbocycles. The third-order valence-electron chi connectivity index (χ3n) is 12.1. The van der Waals surface area contributed by atoms with E-state index in [0.29, 0.717) is 24.5 Å². The second kappa shape index (κ2) is 27.3. The molecular weight excluding hydrogens is 721 g/mol. The fourth-order valence-corrected chi connectivity index (χ4v) is 8.45. The third-order valence-corrected chi connectivity index (χ3v) is 12.1. The lowest BCUT2D eigenvalue weighted by molar-refractivity contribution is -0.124. The van der Waals surface area contributed by atoms with Gasteiger partial charge in [0, 0.05) is 67.6 Å². The molecule has 5 nitrogen and oxygen atoms in total. The maximum absolute atomic E-state index is 14.2. The largest absolute Gasteiger partial charge is 0.394 e. The van der Waals surface area contributed by atoms with E-state index in [-0.39, 0.29) is 35.9 Å². The van der Waals surface area contributed by atoms with Crippen molar-refractivity contribution in [3.05, 3.63) is 158 Å². The number of nitrogens with zero attached hydrogens (tertiary/aromatic N) is 1. The minimum Gasteiger partial charge on any atom is -0.394 e. The van der Waals surface area contributed by atoms with Crippen molar-refractivity contribution < 1.29 is 4.79 Å². The van der Waals surface area contributed by atoms with E-state index in [4.69, 9.17) is 6.58 Å². The number of carbonyl (C=O) groups is 1. The lowest BCUT2D eigenvalue weighted by Crippen LogP contribution is -2.36. The van der Waals surface area contributed by atoms with Gasteiger partial charge in [0.2, 0.25) is 0 Å². The summed E-state index contributed by atoms with van der Waals surface area (Å²) in [7, 11) is 4.00. The number of hydrogen-bond acceptors (Lipinski definition) is 5. The van der Waals surface area contributed by atoms with Crippen LogP contribution in [0.15, 0.2) is 147 Å². The van der Waals surface area contributed by atoms with E-state index < -0.39 is 0 Å². The summed E-state index contributed by atoms with van der Waals surface area (Å²) in [6.45, 7) is 42.3. The van der Waals surface area contributed by atoms with Crippen LogP contribution in [0.1, 0.15) is 116 Å². The minimum absolute atomic E-state index is 0.0601. The van der Waals surface area contributed by atoms with Gasteiger partial charge < -0.3 is 20.9 Å². The Labute approximate surface area is 362 Å². The van der Waals surface area contributed by atoms with Gasteiger partial charge in [-0.1, -0.05) is 164 Å². The van der Waals surface area contributed by atoms with Crippen molar-refractivity contribution in [1.82, 2.24) is 20.9 Å². The van der Waals surface area contributed by atoms with Gasteiger partial charge in [0.25, 0.3) is 0 Å². The molecule has 1 fully saturated rings. The van der Waals surface area contributed by atoms with Crippen LogP contribution in [0.3, 0.4) is 0 Å². The van der Waals surface area contributed by atoms with Crippen LogP contribution in [0, 0.1) is 23.7 Å². The smallest absolute Gasteiger partial charge is 0.136 e. The quantitative estimate of drug-likeness (QED) is 0.198. The standard InChI is InChI=1S/C51H75N3O.C3H7N/c1-13-22-49-37(6)27-29-41(10)54(12)50(31-36(4)5)39(8)33-46(35-44-25-20-17-21-26-44)47(14-2)51(55)30-28-40(9)52-48(15-3)38(7)32-45(42(11)53-49)34-43-23-18-16-19-24-43;1-3-4-2/h16-21,23-26,36,45-50,52-53H,6-11,13-15,22,27-35H2,1-5,12H3;3-4H,1H2,2H3. The Morgan fingerprint density at radius 3 is 1.88 bits per heavy atom. The third kappa shape index (κ3) is 17.7. The van der Waals surface area contributed by atoms with Crippen LogP contribution in [-0.2, 0) is 17.6 Å². The van der Waals surface area contributed by atoms with Crippen molar-refractivity contribution in [1.29, 1.82) is 0 Å². The van der Waals surface area contributed by atoms with Gasteiger partial charge in [-0.2, -0.15) is 0 Å². The Kier molecular flexibility index (Phi) is 23.4. The number of ketones is 1. The lowest BCUT2D eigenvalue weighted by atomic mass is 9.76. The van der Waals surface area contributed by atoms with Gasteiger partial charge in [0.15, 0.2) is 0 Å². The highest BCUT2D eigenvalue weighted by molar-refractivity contribution is 5.81. The number of hydrogen-bond donors (Lipinski definition) is 3. The van der Waals surface area contributed by atoms with Crippen LogP contribution >= 0.6 is 0 Å². The molecule has 1 aliphatic rings. The topological polar surface area (TPSA) is 56.4 Å². The van der Waals surface area contributed by atoms with E-state index >= 15 is 0 Å². The summed E-state index contributed by atoms with van der Waals surface area (Å²) < 4.78 is 0. The molecule has 1 heterocycles. The monoisotopic (exact) mass is 803 g/mol. The molecule has 0 spiro atoms. The zero-order valence-electron chi connectivity index (χ0n) is 38.4. The van der Waals surface area contributed by atoms with Crippen molar-refractivity contribution in [2.45, 2.75) is 136 Å². The van der Waals surface area contributed by atoms with E-state index in [1.807, 2.05) is 7.05 Å². The fraction of sp³-hybridized carbons (Fsp3) is 0.500. The molecule has 2 aromatic carbocycles. The second-order valence-electron chi connectivity index (χ2n) is 17.2. The van der Waals surface area contributed by atoms with Crippen LogP contribution in [0.2, 0.25) is 0 Å². The first-order valence-electron chi connectivity index (χ1n) is 22.4. The summed E-state index contributed by atoms with van der Waals surface area (Å²) in [4.78, 5) is 16.6. The number of Topliss-reactive ketones (excluding diaryl/α,β-unsaturated/α-hetero) is 1. The number of allylic oxidation sites excluding steroid dienone is 3. The Balaban J connectivity index is 0.00000286. The molecule has 0 saturated carbocycles. The van der Waals surface area contributed by atoms with Crippen molar-refractivity contribution in [3.8, 4) is 0 Å². The summed E-state index contributed by atoms with van der Waals surface area (Å²) in [5.74, 6) is 1.04. The van der Waals surface area contributed by atoms with Crippen LogP contribution in [-0.4, -0.2) is 42.9 Å². The van der Waals surface area contributed by atoms with Crippen molar-refractivity contribution in [2.75, 3.05) is 14.1 Å². The molecule has 3 N–H and O–H groups in total. The summed E-state index contributed by atoms with van der Waals surface area (Å²) in [5, 5.41) is 10.3. The molecule has 3 rings (SSSR count). The SMILES string of the molecule is C=C1CCC(=O)C(CC)C(Cc2ccccc2)CC(=C)C(CC(C)C)N(C)C(=C)CCC(=C)C(CCC)NC(=C)C(Cc2ccccc2)CC(=C)C(CC)N1.C=CNC. The maximum Gasteiger partial charge on any atom is 0.136 e. The summed E-state index contributed by atoms with van der Waals surface area (Å²) in [6, 6.07) is 21.7. The molecule has 6 unspecified atom stereocenters. The Morgan fingerprint density at radius 1 is 0.763 bits per heavy atom. The highest BCUT2D eigenvalue weighted by atomic mass is 16.1. The first-order valence-corrected chi connectivity index (χ1v) is 22.4. The molecule has 0 radical (unpaired) electrons. The van der Waals surface area contributed by atoms with Crippen molar-refractivity contribution in [3.63, 3.8) is 0 Å². The summed E-state index contributed by atoms with van der Waals surface area (Å²) in [5.41, 5.74) is 9.09. The molecule has 1 aliphatic heterocycles. The second-order valence-corrected chi connectivity index (χ2v) is 17.2. The van der Waals surface area contributed by atoms with Gasteiger partial charge in [-0.25, -0.2) is 0 Å². The van der Waals surface area contributed by atoms with Crippen molar-refractivity contribution >= 4 is 5.78 Å². The van der Waals surface area contributed by atoms with E-state index in [1.165, 1.54) is 22.3 Å². The number of nitrogens with one attached hydrogen (secondary N) is 3. The number of rotatable bonds is 11. The summed E-state index contributed by atoms with van der Waals surface area (Å²) in [6.07, 6.45) is 12.4. The maximum atomic E-state index is 14.2. The van der Waals surface area contributed by atoms with Gasteiger partial charge in [0.05, 0.1) is 0 Å². The molecule has 0 amide bonds. The van der Waals surface area contributed by atoms with E-state index in [1.54, 1.807) is 6.20 Å². The molecule has 59 heavy (non-hydrogen) atoms. The normalized spacial score (nSPS) is 23.6. The van der Waals surface area contributed by atoms with Gasteiger partial charge >= 0.3 is 0 Å². The average Bonchev–Trinajstić information content (AvgIpc) is 3.22. The van der Waals surface area contributed by atoms with Gasteiger partial charge in [-0.15, -0.1) is 0 Å².